The molecule has 0 bridgehead atoms. The molecule has 0 saturated carbocycles. The highest BCUT2D eigenvalue weighted by atomic mass is 32.2. The van der Waals surface area contributed by atoms with Gasteiger partial charge in [-0.25, -0.2) is 4.79 Å². The van der Waals surface area contributed by atoms with Crippen molar-refractivity contribution < 1.29 is 14.7 Å². The first-order valence-corrected chi connectivity index (χ1v) is 8.89. The summed E-state index contributed by atoms with van der Waals surface area (Å²) in [5.41, 5.74) is 1.14. The lowest BCUT2D eigenvalue weighted by Gasteiger charge is -2.21. The molecule has 0 aliphatic carbocycles. The lowest BCUT2D eigenvalue weighted by molar-refractivity contribution is -0.136. The Morgan fingerprint density at radius 3 is 2.81 bits per heavy atom. The molecule has 3 N–H and O–H groups in total. The number of carbonyl (C=O) groups is 2. The van der Waals surface area contributed by atoms with Crippen LogP contribution in [0, 0.1) is 0 Å². The second-order valence-electron chi connectivity index (χ2n) is 4.63. The van der Waals surface area contributed by atoms with Gasteiger partial charge in [0.1, 0.15) is 0 Å². The fourth-order valence-corrected chi connectivity index (χ4v) is 4.60. The highest BCUT2D eigenvalue weighted by Gasteiger charge is 2.15. The standard InChI is InChI=1S/C14H18N2O3S2/c17-13(18)7-10-3-1-2-4-12(10)16-14(19)15-8-11-9-20-5-6-21-11/h1-4,11H,5-9H2,(H,17,18)(H2,15,16,19). The Morgan fingerprint density at radius 1 is 1.29 bits per heavy atom. The van der Waals surface area contributed by atoms with Gasteiger partial charge in [0.15, 0.2) is 0 Å². The average molecular weight is 326 g/mol. The van der Waals surface area contributed by atoms with Gasteiger partial charge in [0.05, 0.1) is 6.42 Å². The monoisotopic (exact) mass is 326 g/mol. The number of rotatable bonds is 5. The molecule has 114 valence electrons. The average Bonchev–Trinajstić information content (AvgIpc) is 2.48. The topological polar surface area (TPSA) is 78.4 Å². The van der Waals surface area contributed by atoms with Crippen molar-refractivity contribution in [3.63, 3.8) is 0 Å². The minimum atomic E-state index is -0.916. The third-order valence-electron chi connectivity index (χ3n) is 2.98. The van der Waals surface area contributed by atoms with E-state index in [1.54, 1.807) is 24.3 Å². The summed E-state index contributed by atoms with van der Waals surface area (Å²) in [5, 5.41) is 14.9. The fourth-order valence-electron chi connectivity index (χ4n) is 1.99. The second-order valence-corrected chi connectivity index (χ2v) is 7.19. The van der Waals surface area contributed by atoms with Gasteiger partial charge in [0.25, 0.3) is 0 Å². The van der Waals surface area contributed by atoms with Crippen LogP contribution in [-0.2, 0) is 11.2 Å². The Hall–Kier alpha value is -1.34. The van der Waals surface area contributed by atoms with Crippen LogP contribution in [0.2, 0.25) is 0 Å². The predicted molar refractivity (Wildman–Crippen MR) is 88.4 cm³/mol. The van der Waals surface area contributed by atoms with Crippen LogP contribution >= 0.6 is 23.5 Å². The summed E-state index contributed by atoms with van der Waals surface area (Å²) < 4.78 is 0. The summed E-state index contributed by atoms with van der Waals surface area (Å²) in [6.07, 6.45) is -0.106. The van der Waals surface area contributed by atoms with Gasteiger partial charge in [-0.05, 0) is 11.6 Å². The minimum Gasteiger partial charge on any atom is -0.481 e. The number of urea groups is 1. The summed E-state index contributed by atoms with van der Waals surface area (Å²) in [4.78, 5) is 22.7. The van der Waals surface area contributed by atoms with Crippen LogP contribution in [0.5, 0.6) is 0 Å². The molecule has 1 saturated heterocycles. The van der Waals surface area contributed by atoms with Gasteiger partial charge >= 0.3 is 12.0 Å². The zero-order valence-corrected chi connectivity index (χ0v) is 13.1. The first-order valence-electron chi connectivity index (χ1n) is 6.69. The molecule has 2 rings (SSSR count). The lowest BCUT2D eigenvalue weighted by atomic mass is 10.1. The van der Waals surface area contributed by atoms with Crippen molar-refractivity contribution in [2.24, 2.45) is 0 Å². The summed E-state index contributed by atoms with van der Waals surface area (Å²) in [7, 11) is 0. The van der Waals surface area contributed by atoms with E-state index in [1.807, 2.05) is 23.5 Å². The van der Waals surface area contributed by atoms with E-state index in [-0.39, 0.29) is 12.5 Å². The maximum absolute atomic E-state index is 11.9. The van der Waals surface area contributed by atoms with E-state index >= 15 is 0 Å². The van der Waals surface area contributed by atoms with Crippen molar-refractivity contribution in [3.05, 3.63) is 29.8 Å². The molecule has 1 aliphatic heterocycles. The fraction of sp³-hybridized carbons (Fsp3) is 0.429. The quantitative estimate of drug-likeness (QED) is 0.774. The van der Waals surface area contributed by atoms with Crippen molar-refractivity contribution in [2.45, 2.75) is 11.7 Å². The first kappa shape index (κ1) is 16.0. The van der Waals surface area contributed by atoms with Crippen LogP contribution in [0.15, 0.2) is 24.3 Å². The zero-order chi connectivity index (χ0) is 15.1. The number of thioether (sulfide) groups is 2. The Labute approximate surface area is 132 Å². The SMILES string of the molecule is O=C(O)Cc1ccccc1NC(=O)NCC1CSCCS1. The Kier molecular flexibility index (Phi) is 6.25. The highest BCUT2D eigenvalue weighted by Crippen LogP contribution is 2.23. The maximum atomic E-state index is 11.9. The van der Waals surface area contributed by atoms with Crippen LogP contribution in [-0.4, -0.2) is 46.2 Å². The molecule has 1 aliphatic rings. The third kappa shape index (κ3) is 5.51. The normalized spacial score (nSPS) is 18.0. The molecule has 1 heterocycles. The number of carboxylic acids is 1. The maximum Gasteiger partial charge on any atom is 0.319 e. The first-order chi connectivity index (χ1) is 10.1. The molecular formula is C14H18N2O3S2. The van der Waals surface area contributed by atoms with Gasteiger partial charge in [-0.2, -0.15) is 23.5 Å². The molecular weight excluding hydrogens is 308 g/mol. The molecule has 5 nitrogen and oxygen atoms in total. The van der Waals surface area contributed by atoms with E-state index in [2.05, 4.69) is 10.6 Å². The van der Waals surface area contributed by atoms with E-state index in [9.17, 15) is 9.59 Å². The van der Waals surface area contributed by atoms with Gasteiger partial charge in [-0.1, -0.05) is 18.2 Å². The number of para-hydroxylation sites is 1. The van der Waals surface area contributed by atoms with E-state index in [0.717, 1.165) is 11.5 Å². The van der Waals surface area contributed by atoms with Crippen LogP contribution in [0.3, 0.4) is 0 Å². The Morgan fingerprint density at radius 2 is 2.10 bits per heavy atom. The molecule has 7 heteroatoms. The molecule has 0 spiro atoms. The molecule has 1 unspecified atom stereocenters. The summed E-state index contributed by atoms with van der Waals surface area (Å²) >= 11 is 3.79. The van der Waals surface area contributed by atoms with Gasteiger partial charge < -0.3 is 15.7 Å². The Bertz CT molecular complexity index is 505. The lowest BCUT2D eigenvalue weighted by Crippen LogP contribution is -2.36. The third-order valence-corrected chi connectivity index (χ3v) is 5.83. The number of hydrogen-bond donors (Lipinski definition) is 3. The van der Waals surface area contributed by atoms with Crippen LogP contribution < -0.4 is 10.6 Å². The van der Waals surface area contributed by atoms with Crippen molar-refractivity contribution in [1.82, 2.24) is 5.32 Å². The molecule has 0 aromatic heterocycles. The summed E-state index contributed by atoms with van der Waals surface area (Å²) in [6, 6.07) is 6.66. The summed E-state index contributed by atoms with van der Waals surface area (Å²) in [6.45, 7) is 0.630. The predicted octanol–water partition coefficient (Wildman–Crippen LogP) is 2.28. The molecule has 1 fully saturated rings. The van der Waals surface area contributed by atoms with Crippen LogP contribution in [0.4, 0.5) is 10.5 Å². The molecule has 1 atom stereocenters. The number of carboxylic acid groups (broad SMARTS) is 1. The molecule has 1 aromatic rings. The van der Waals surface area contributed by atoms with Crippen molar-refractivity contribution in [1.29, 1.82) is 0 Å². The van der Waals surface area contributed by atoms with Crippen LogP contribution in [0.1, 0.15) is 5.56 Å². The van der Waals surface area contributed by atoms with E-state index < -0.39 is 5.97 Å². The number of aliphatic carboxylic acids is 1. The Balaban J connectivity index is 1.85. The number of anilines is 1. The largest absolute Gasteiger partial charge is 0.481 e. The highest BCUT2D eigenvalue weighted by molar-refractivity contribution is 8.06. The molecule has 21 heavy (non-hydrogen) atoms. The van der Waals surface area contributed by atoms with Crippen molar-refractivity contribution >= 4 is 41.2 Å². The number of carbonyl (C=O) groups excluding carboxylic acids is 1. The number of nitrogens with one attached hydrogen (secondary N) is 2. The minimum absolute atomic E-state index is 0.106. The number of hydrogen-bond acceptors (Lipinski definition) is 4. The van der Waals surface area contributed by atoms with E-state index in [4.69, 9.17) is 5.11 Å². The second kappa shape index (κ2) is 8.19. The number of benzene rings is 1. The van der Waals surface area contributed by atoms with E-state index in [0.29, 0.717) is 23.0 Å². The zero-order valence-electron chi connectivity index (χ0n) is 11.5. The van der Waals surface area contributed by atoms with Gasteiger partial charge in [0, 0.05) is 34.7 Å². The van der Waals surface area contributed by atoms with Crippen molar-refractivity contribution in [2.75, 3.05) is 29.1 Å². The molecule has 0 radical (unpaired) electrons. The van der Waals surface area contributed by atoms with Crippen LogP contribution in [0.25, 0.3) is 0 Å². The molecule has 1 aromatic carbocycles. The van der Waals surface area contributed by atoms with Crippen molar-refractivity contribution in [3.8, 4) is 0 Å². The van der Waals surface area contributed by atoms with Gasteiger partial charge in [0.2, 0.25) is 0 Å². The number of amides is 2. The molecule has 2 amide bonds. The van der Waals surface area contributed by atoms with Gasteiger partial charge in [-0.3, -0.25) is 4.79 Å². The smallest absolute Gasteiger partial charge is 0.319 e. The van der Waals surface area contributed by atoms with E-state index in [1.165, 1.54) is 5.75 Å². The summed E-state index contributed by atoms with van der Waals surface area (Å²) in [5.74, 6) is 2.44. The van der Waals surface area contributed by atoms with Gasteiger partial charge in [-0.15, -0.1) is 0 Å².